The molecule has 0 N–H and O–H groups in total. The third kappa shape index (κ3) is 5.25. The van der Waals surface area contributed by atoms with Crippen molar-refractivity contribution < 1.29 is 8.83 Å². The molecule has 0 saturated carbocycles. The molecule has 0 bridgehead atoms. The molecule has 2 aliphatic rings. The summed E-state index contributed by atoms with van der Waals surface area (Å²) in [6, 6.07) is 81.2. The fourth-order valence-electron chi connectivity index (χ4n) is 15.0. The van der Waals surface area contributed by atoms with Crippen LogP contribution in [0.1, 0.15) is 49.9 Å². The summed E-state index contributed by atoms with van der Waals surface area (Å²) in [4.78, 5) is 0. The van der Waals surface area contributed by atoms with Crippen LogP contribution in [0.5, 0.6) is 0 Å². The number of hydrogen-bond acceptors (Lipinski definition) is 2. The molecule has 4 heteroatoms. The molecule has 4 aromatic heterocycles. The predicted octanol–water partition coefficient (Wildman–Crippen LogP) is 20.3. The van der Waals surface area contributed by atoms with Crippen molar-refractivity contribution in [3.05, 3.63) is 241 Å². The van der Waals surface area contributed by atoms with E-state index in [1.807, 2.05) is 0 Å². The molecule has 0 spiro atoms. The Bertz CT molecular complexity index is 5400. The Morgan fingerprint density at radius 2 is 0.833 bits per heavy atom. The van der Waals surface area contributed by atoms with Crippen LogP contribution in [0.4, 0.5) is 0 Å². The lowest BCUT2D eigenvalue weighted by Gasteiger charge is -2.21. The van der Waals surface area contributed by atoms with Gasteiger partial charge in [0.2, 0.25) is 0 Å². The molecule has 0 aliphatic heterocycles. The average Bonchev–Trinajstić information content (AvgIpc) is 4.50. The molecule has 16 aromatic rings. The van der Waals surface area contributed by atoms with Crippen molar-refractivity contribution in [3.63, 3.8) is 0 Å². The van der Waals surface area contributed by atoms with Gasteiger partial charge < -0.3 is 18.0 Å². The summed E-state index contributed by atoms with van der Waals surface area (Å²) in [6.45, 7) is 9.40. The Labute approximate surface area is 448 Å². The second-order valence-corrected chi connectivity index (χ2v) is 23.1. The predicted molar refractivity (Wildman–Crippen MR) is 325 cm³/mol. The van der Waals surface area contributed by atoms with Gasteiger partial charge in [0.05, 0.1) is 27.5 Å². The molecule has 4 nitrogen and oxygen atoms in total. The fourth-order valence-corrected chi connectivity index (χ4v) is 15.0. The normalized spacial score (nSPS) is 14.4. The van der Waals surface area contributed by atoms with E-state index in [4.69, 9.17) is 8.83 Å². The first kappa shape index (κ1) is 42.6. The van der Waals surface area contributed by atoms with Crippen molar-refractivity contribution in [1.82, 2.24) is 9.13 Å². The van der Waals surface area contributed by atoms with E-state index in [0.29, 0.717) is 0 Å². The second-order valence-electron chi connectivity index (χ2n) is 23.1. The molecule has 0 saturated heterocycles. The molecule has 0 unspecified atom stereocenters. The zero-order valence-electron chi connectivity index (χ0n) is 43.5. The molecule has 0 radical (unpaired) electrons. The molecular formula is C74H48N2O2. The molecular weight excluding hydrogens is 949 g/mol. The first-order valence-corrected chi connectivity index (χ1v) is 27.3. The second kappa shape index (κ2) is 14.6. The van der Waals surface area contributed by atoms with Crippen LogP contribution in [-0.2, 0) is 10.8 Å². The summed E-state index contributed by atoms with van der Waals surface area (Å²) in [6.07, 6.45) is 0. The lowest BCUT2D eigenvalue weighted by Crippen LogP contribution is -2.14. The van der Waals surface area contributed by atoms with Gasteiger partial charge in [0.1, 0.15) is 16.7 Å². The molecule has 0 amide bonds. The highest BCUT2D eigenvalue weighted by Crippen LogP contribution is 2.53. The Kier molecular flexibility index (Phi) is 7.99. The van der Waals surface area contributed by atoms with Crippen LogP contribution < -0.4 is 0 Å². The van der Waals surface area contributed by atoms with Crippen LogP contribution in [0.3, 0.4) is 0 Å². The minimum absolute atomic E-state index is 0.0753. The first-order chi connectivity index (χ1) is 38.2. The Balaban J connectivity index is 0.868. The Morgan fingerprint density at radius 3 is 1.58 bits per heavy atom. The third-order valence-corrected chi connectivity index (χ3v) is 18.5. The average molecular weight is 997 g/mol. The lowest BCUT2D eigenvalue weighted by molar-refractivity contribution is 0.660. The Morgan fingerprint density at radius 1 is 0.295 bits per heavy atom. The molecule has 18 rings (SSSR count). The van der Waals surface area contributed by atoms with Gasteiger partial charge in [-0.1, -0.05) is 185 Å². The van der Waals surface area contributed by atoms with E-state index in [-0.39, 0.29) is 10.8 Å². The maximum atomic E-state index is 7.20. The van der Waals surface area contributed by atoms with Gasteiger partial charge in [-0.3, -0.25) is 0 Å². The molecule has 12 aromatic carbocycles. The van der Waals surface area contributed by atoms with Crippen LogP contribution in [-0.4, -0.2) is 9.13 Å². The summed E-state index contributed by atoms with van der Waals surface area (Å²) in [5.74, 6) is 0. The van der Waals surface area contributed by atoms with E-state index in [1.54, 1.807) is 0 Å². The van der Waals surface area contributed by atoms with E-state index >= 15 is 0 Å². The van der Waals surface area contributed by atoms with Crippen LogP contribution >= 0.6 is 0 Å². The third-order valence-electron chi connectivity index (χ3n) is 18.5. The number of fused-ring (bicyclic) bond motifs is 25. The van der Waals surface area contributed by atoms with Gasteiger partial charge in [-0.05, 0) is 132 Å². The van der Waals surface area contributed by atoms with Gasteiger partial charge in [0, 0.05) is 65.3 Å². The van der Waals surface area contributed by atoms with Gasteiger partial charge in [-0.15, -0.1) is 0 Å². The number of furan rings is 2. The summed E-state index contributed by atoms with van der Waals surface area (Å²) in [5, 5.41) is 14.0. The SMILES string of the molecule is CC1(C)c2ccccc2-c2cc(-n3c4ccc5c(-c6ccc7oc8c(c7c6)c6ccccc6c6c8c7ccccc7n6-c6ccc7c(c6)-c6ccccc6C7(C)C)cccc5c4c4ccc5c6ccccc6oc5c43)ccc21. The van der Waals surface area contributed by atoms with Crippen LogP contribution in [0.25, 0.3) is 154 Å². The smallest absolute Gasteiger partial charge is 0.160 e. The standard InChI is InChI=1S/C74H48N2O2/c1-73(2)58-24-11-7-16-46(58)55-39-42(29-34-60(55)73)75-62-26-13-9-21-53(62)68-69(75)51-20-6-5-19-50(51)67-57-38-41(28-37-65(57)78-72(67)68)44-22-15-23-49-45(44)33-36-63-66(49)54-32-31-52-48-18-10-14-27-64(48)77-71(52)70(54)76(63)43-30-35-61-56(40-43)47-17-8-12-25-59(47)74(61,3)4/h5-40H,1-4H3. The minimum Gasteiger partial charge on any atom is -0.455 e. The van der Waals surface area contributed by atoms with Gasteiger partial charge >= 0.3 is 0 Å². The molecule has 0 atom stereocenters. The number of aromatic nitrogens is 2. The molecule has 4 heterocycles. The van der Waals surface area contributed by atoms with Crippen LogP contribution in [0.2, 0.25) is 0 Å². The summed E-state index contributed by atoms with van der Waals surface area (Å²) in [5.41, 5.74) is 23.2. The van der Waals surface area contributed by atoms with Gasteiger partial charge in [0.15, 0.2) is 5.58 Å². The number of hydrogen-bond donors (Lipinski definition) is 0. The summed E-state index contributed by atoms with van der Waals surface area (Å²) in [7, 11) is 0. The van der Waals surface area contributed by atoms with E-state index < -0.39 is 0 Å². The maximum Gasteiger partial charge on any atom is 0.160 e. The number of nitrogens with zero attached hydrogens (tertiary/aromatic N) is 2. The van der Waals surface area contributed by atoms with Crippen LogP contribution in [0.15, 0.2) is 227 Å². The topological polar surface area (TPSA) is 36.1 Å². The van der Waals surface area contributed by atoms with E-state index in [2.05, 4.69) is 255 Å². The number of para-hydroxylation sites is 2. The monoisotopic (exact) mass is 996 g/mol. The van der Waals surface area contributed by atoms with Crippen molar-refractivity contribution in [1.29, 1.82) is 0 Å². The van der Waals surface area contributed by atoms with E-state index in [1.165, 1.54) is 87.8 Å². The zero-order valence-corrected chi connectivity index (χ0v) is 43.5. The Hall–Kier alpha value is -9.64. The van der Waals surface area contributed by atoms with Gasteiger partial charge in [-0.2, -0.15) is 0 Å². The fraction of sp³-hybridized carbons (Fsp3) is 0.0811. The number of benzene rings is 12. The van der Waals surface area contributed by atoms with Crippen molar-refractivity contribution in [2.24, 2.45) is 0 Å². The van der Waals surface area contributed by atoms with Gasteiger partial charge in [0.25, 0.3) is 0 Å². The summed E-state index contributed by atoms with van der Waals surface area (Å²) < 4.78 is 19.1. The quantitative estimate of drug-likeness (QED) is 0.177. The number of rotatable bonds is 3. The highest BCUT2D eigenvalue weighted by Gasteiger charge is 2.37. The highest BCUT2D eigenvalue weighted by molar-refractivity contribution is 6.35. The molecule has 366 valence electrons. The van der Waals surface area contributed by atoms with Crippen LogP contribution in [0, 0.1) is 0 Å². The van der Waals surface area contributed by atoms with E-state index in [9.17, 15) is 0 Å². The minimum atomic E-state index is -0.0929. The lowest BCUT2D eigenvalue weighted by atomic mass is 9.82. The molecule has 0 fully saturated rings. The maximum absolute atomic E-state index is 7.20. The van der Waals surface area contributed by atoms with E-state index in [0.717, 1.165) is 88.3 Å². The van der Waals surface area contributed by atoms with Gasteiger partial charge in [-0.25, -0.2) is 0 Å². The molecule has 2 aliphatic carbocycles. The highest BCUT2D eigenvalue weighted by atomic mass is 16.3. The van der Waals surface area contributed by atoms with Crippen molar-refractivity contribution >= 4 is 109 Å². The van der Waals surface area contributed by atoms with Crippen molar-refractivity contribution in [3.8, 4) is 44.8 Å². The largest absolute Gasteiger partial charge is 0.455 e. The zero-order chi connectivity index (χ0) is 51.5. The molecule has 78 heavy (non-hydrogen) atoms. The summed E-state index contributed by atoms with van der Waals surface area (Å²) >= 11 is 0. The van der Waals surface area contributed by atoms with Crippen molar-refractivity contribution in [2.75, 3.05) is 0 Å². The first-order valence-electron chi connectivity index (χ1n) is 27.3. The van der Waals surface area contributed by atoms with Crippen molar-refractivity contribution in [2.45, 2.75) is 38.5 Å².